The molecule has 16 heavy (non-hydrogen) atoms. The molecule has 0 heterocycles. The molecule has 0 aliphatic carbocycles. The Bertz CT molecular complexity index is 400. The number of hydrogen-bond acceptors (Lipinski definition) is 2. The van der Waals surface area contributed by atoms with Crippen molar-refractivity contribution in [2.24, 2.45) is 0 Å². The zero-order chi connectivity index (χ0) is 12.0. The SMILES string of the molecule is CCCOc1cccc(/C=C/C(=O)Cl)c1Cl. The molecule has 0 radical (unpaired) electrons. The third-order valence-corrected chi connectivity index (χ3v) is 2.38. The van der Waals surface area contributed by atoms with E-state index in [9.17, 15) is 4.79 Å². The predicted molar refractivity (Wildman–Crippen MR) is 67.1 cm³/mol. The van der Waals surface area contributed by atoms with Crippen molar-refractivity contribution in [3.8, 4) is 5.75 Å². The first kappa shape index (κ1) is 13.1. The molecule has 0 saturated heterocycles. The molecule has 0 saturated carbocycles. The highest BCUT2D eigenvalue weighted by Crippen LogP contribution is 2.29. The standard InChI is InChI=1S/C12H12Cl2O2/c1-2-8-16-10-5-3-4-9(12(10)14)6-7-11(13)15/h3-7H,2,8H2,1H3/b7-6+. The largest absolute Gasteiger partial charge is 0.492 e. The number of allylic oxidation sites excluding steroid dienone is 1. The van der Waals surface area contributed by atoms with E-state index in [1.807, 2.05) is 13.0 Å². The van der Waals surface area contributed by atoms with E-state index in [1.54, 1.807) is 18.2 Å². The summed E-state index contributed by atoms with van der Waals surface area (Å²) in [6, 6.07) is 5.39. The summed E-state index contributed by atoms with van der Waals surface area (Å²) < 4.78 is 5.45. The Morgan fingerprint density at radius 2 is 2.25 bits per heavy atom. The normalized spacial score (nSPS) is 10.7. The lowest BCUT2D eigenvalue weighted by Crippen LogP contribution is -1.96. The molecule has 1 aromatic carbocycles. The lowest BCUT2D eigenvalue weighted by molar-refractivity contribution is -0.107. The van der Waals surface area contributed by atoms with Gasteiger partial charge in [-0.05, 0) is 41.8 Å². The number of carbonyl (C=O) groups is 1. The molecule has 2 nitrogen and oxygen atoms in total. The Labute approximate surface area is 105 Å². The van der Waals surface area contributed by atoms with Crippen LogP contribution < -0.4 is 4.74 Å². The Hall–Kier alpha value is -0.990. The minimum Gasteiger partial charge on any atom is -0.492 e. The summed E-state index contributed by atoms with van der Waals surface area (Å²) in [5.41, 5.74) is 0.712. The van der Waals surface area contributed by atoms with Gasteiger partial charge in [-0.3, -0.25) is 4.79 Å². The summed E-state index contributed by atoms with van der Waals surface area (Å²) in [7, 11) is 0. The van der Waals surface area contributed by atoms with Gasteiger partial charge in [0.1, 0.15) is 5.75 Å². The van der Waals surface area contributed by atoms with E-state index < -0.39 is 5.24 Å². The molecular weight excluding hydrogens is 247 g/mol. The van der Waals surface area contributed by atoms with Gasteiger partial charge in [-0.15, -0.1) is 0 Å². The van der Waals surface area contributed by atoms with Gasteiger partial charge in [-0.25, -0.2) is 0 Å². The topological polar surface area (TPSA) is 26.3 Å². The van der Waals surface area contributed by atoms with Crippen LogP contribution in [0, 0.1) is 0 Å². The summed E-state index contributed by atoms with van der Waals surface area (Å²) >= 11 is 11.3. The maximum Gasteiger partial charge on any atom is 0.245 e. The van der Waals surface area contributed by atoms with Crippen LogP contribution in [0.4, 0.5) is 0 Å². The lowest BCUT2D eigenvalue weighted by atomic mass is 10.2. The second kappa shape index (κ2) is 6.56. The Kier molecular flexibility index (Phi) is 5.36. The van der Waals surface area contributed by atoms with E-state index in [0.29, 0.717) is 22.9 Å². The van der Waals surface area contributed by atoms with Gasteiger partial charge in [0.15, 0.2) is 0 Å². The zero-order valence-corrected chi connectivity index (χ0v) is 10.4. The molecule has 86 valence electrons. The van der Waals surface area contributed by atoms with E-state index in [-0.39, 0.29) is 0 Å². The molecule has 0 aliphatic heterocycles. The van der Waals surface area contributed by atoms with E-state index in [2.05, 4.69) is 0 Å². The van der Waals surface area contributed by atoms with Crippen LogP contribution in [0.3, 0.4) is 0 Å². The average molecular weight is 259 g/mol. The second-order valence-corrected chi connectivity index (χ2v) is 3.90. The first-order valence-corrected chi connectivity index (χ1v) is 5.69. The molecule has 1 aromatic rings. The summed E-state index contributed by atoms with van der Waals surface area (Å²) in [5, 5.41) is -0.0407. The fourth-order valence-electron chi connectivity index (χ4n) is 1.14. The highest BCUT2D eigenvalue weighted by molar-refractivity contribution is 6.66. The van der Waals surface area contributed by atoms with Crippen LogP contribution in [0.5, 0.6) is 5.75 Å². The summed E-state index contributed by atoms with van der Waals surface area (Å²) in [5.74, 6) is 0.618. The maximum absolute atomic E-state index is 10.6. The Balaban J connectivity index is 2.90. The lowest BCUT2D eigenvalue weighted by Gasteiger charge is -2.08. The van der Waals surface area contributed by atoms with Crippen LogP contribution in [0.15, 0.2) is 24.3 Å². The van der Waals surface area contributed by atoms with Crippen LogP contribution in [-0.2, 0) is 4.79 Å². The molecule has 0 fully saturated rings. The third kappa shape index (κ3) is 3.87. The first-order chi connectivity index (χ1) is 7.65. The average Bonchev–Trinajstić information content (AvgIpc) is 2.26. The zero-order valence-electron chi connectivity index (χ0n) is 8.87. The van der Waals surface area contributed by atoms with Gasteiger partial charge in [0.2, 0.25) is 5.24 Å². The number of hydrogen-bond donors (Lipinski definition) is 0. The fraction of sp³-hybridized carbons (Fsp3) is 0.250. The summed E-state index contributed by atoms with van der Waals surface area (Å²) in [4.78, 5) is 10.6. The fourth-order valence-corrected chi connectivity index (χ4v) is 1.44. The molecular formula is C12H12Cl2O2. The molecule has 0 aromatic heterocycles. The van der Waals surface area contributed by atoms with Gasteiger partial charge in [0.25, 0.3) is 0 Å². The monoisotopic (exact) mass is 258 g/mol. The van der Waals surface area contributed by atoms with E-state index in [0.717, 1.165) is 6.42 Å². The van der Waals surface area contributed by atoms with Crippen molar-refractivity contribution in [2.75, 3.05) is 6.61 Å². The van der Waals surface area contributed by atoms with Crippen LogP contribution >= 0.6 is 23.2 Å². The van der Waals surface area contributed by atoms with E-state index in [4.69, 9.17) is 27.9 Å². The van der Waals surface area contributed by atoms with Crippen molar-refractivity contribution >= 4 is 34.5 Å². The second-order valence-electron chi connectivity index (χ2n) is 3.15. The van der Waals surface area contributed by atoms with Gasteiger partial charge < -0.3 is 4.74 Å². The molecule has 1 rings (SSSR count). The van der Waals surface area contributed by atoms with Crippen LogP contribution in [0.25, 0.3) is 6.08 Å². The van der Waals surface area contributed by atoms with Gasteiger partial charge in [0.05, 0.1) is 11.6 Å². The van der Waals surface area contributed by atoms with Crippen molar-refractivity contribution in [1.29, 1.82) is 0 Å². The molecule has 0 N–H and O–H groups in total. The third-order valence-electron chi connectivity index (χ3n) is 1.85. The predicted octanol–water partition coefficient (Wildman–Crippen LogP) is 3.91. The van der Waals surface area contributed by atoms with Crippen molar-refractivity contribution in [3.05, 3.63) is 34.9 Å². The van der Waals surface area contributed by atoms with Gasteiger partial charge in [0, 0.05) is 0 Å². The van der Waals surface area contributed by atoms with Gasteiger partial charge in [-0.1, -0.05) is 30.7 Å². The van der Waals surface area contributed by atoms with E-state index in [1.165, 1.54) is 6.08 Å². The van der Waals surface area contributed by atoms with Crippen molar-refractivity contribution in [1.82, 2.24) is 0 Å². The molecule has 0 atom stereocenters. The Morgan fingerprint density at radius 1 is 1.50 bits per heavy atom. The Morgan fingerprint density at radius 3 is 2.88 bits per heavy atom. The minimum atomic E-state index is -0.532. The quantitative estimate of drug-likeness (QED) is 0.592. The van der Waals surface area contributed by atoms with Crippen LogP contribution in [0.1, 0.15) is 18.9 Å². The summed E-state index contributed by atoms with van der Waals surface area (Å²) in [6.45, 7) is 2.63. The number of benzene rings is 1. The number of ether oxygens (including phenoxy) is 1. The number of rotatable bonds is 5. The van der Waals surface area contributed by atoms with Crippen molar-refractivity contribution in [2.45, 2.75) is 13.3 Å². The highest BCUT2D eigenvalue weighted by Gasteiger charge is 2.04. The highest BCUT2D eigenvalue weighted by atomic mass is 35.5. The van der Waals surface area contributed by atoms with E-state index >= 15 is 0 Å². The maximum atomic E-state index is 10.6. The molecule has 0 aliphatic rings. The van der Waals surface area contributed by atoms with Crippen molar-refractivity contribution < 1.29 is 9.53 Å². The van der Waals surface area contributed by atoms with Gasteiger partial charge >= 0.3 is 0 Å². The molecule has 0 spiro atoms. The first-order valence-electron chi connectivity index (χ1n) is 4.94. The van der Waals surface area contributed by atoms with Gasteiger partial charge in [-0.2, -0.15) is 0 Å². The molecule has 0 bridgehead atoms. The van der Waals surface area contributed by atoms with Crippen LogP contribution in [-0.4, -0.2) is 11.8 Å². The van der Waals surface area contributed by atoms with Crippen LogP contribution in [0.2, 0.25) is 5.02 Å². The number of carbonyl (C=O) groups excluding carboxylic acids is 1. The molecule has 4 heteroatoms. The van der Waals surface area contributed by atoms with Crippen molar-refractivity contribution in [3.63, 3.8) is 0 Å². The number of halogens is 2. The smallest absolute Gasteiger partial charge is 0.245 e. The minimum absolute atomic E-state index is 0.491. The molecule has 0 amide bonds. The molecule has 0 unspecified atom stereocenters. The summed E-state index contributed by atoms with van der Waals surface area (Å²) in [6.07, 6.45) is 3.74.